The van der Waals surface area contributed by atoms with E-state index in [0.717, 1.165) is 25.9 Å². The lowest BCUT2D eigenvalue weighted by Gasteiger charge is -2.27. The molecule has 0 saturated carbocycles. The van der Waals surface area contributed by atoms with E-state index in [1.54, 1.807) is 7.11 Å². The highest BCUT2D eigenvalue weighted by Gasteiger charge is 2.37. The molecule has 2 aliphatic heterocycles. The molecular weight excluding hydrogens is 204 g/mol. The summed E-state index contributed by atoms with van der Waals surface area (Å²) in [6, 6.07) is 0.942. The minimum absolute atomic E-state index is 0.327. The van der Waals surface area contributed by atoms with Gasteiger partial charge in [-0.15, -0.1) is 0 Å². The number of nitrogens with zero attached hydrogens (tertiary/aromatic N) is 1. The van der Waals surface area contributed by atoms with Crippen LogP contribution in [-0.4, -0.2) is 49.7 Å². The van der Waals surface area contributed by atoms with Gasteiger partial charge in [0.1, 0.15) is 0 Å². The van der Waals surface area contributed by atoms with Crippen molar-refractivity contribution < 1.29 is 9.53 Å². The van der Waals surface area contributed by atoms with Gasteiger partial charge in [0.05, 0.1) is 0 Å². The fourth-order valence-electron chi connectivity index (χ4n) is 2.89. The Kier molecular flexibility index (Phi) is 4.18. The number of carbonyl (C=O) groups excluding carboxylic acids is 1. The first-order valence-electron chi connectivity index (χ1n) is 6.33. The number of ether oxygens (including phenoxy) is 1. The van der Waals surface area contributed by atoms with Crippen LogP contribution in [0.4, 0.5) is 0 Å². The molecule has 2 unspecified atom stereocenters. The van der Waals surface area contributed by atoms with E-state index in [0.29, 0.717) is 31.0 Å². The Labute approximate surface area is 97.3 Å². The zero-order valence-corrected chi connectivity index (χ0v) is 10.1. The molecule has 2 atom stereocenters. The van der Waals surface area contributed by atoms with E-state index < -0.39 is 0 Å². The topological polar surface area (TPSA) is 41.6 Å². The van der Waals surface area contributed by atoms with E-state index in [4.69, 9.17) is 4.74 Å². The molecule has 92 valence electrons. The standard InChI is InChI=1S/C12H22N2O2/c1-16-8-2-3-12(15)14-10-4-5-11(14)9-13-7-6-10/h10-11,13H,2-9H2,1H3. The predicted molar refractivity (Wildman–Crippen MR) is 62.3 cm³/mol. The summed E-state index contributed by atoms with van der Waals surface area (Å²) in [6.45, 7) is 2.72. The SMILES string of the molecule is COCCCC(=O)N1C2CCNCC1CC2. The van der Waals surface area contributed by atoms with E-state index in [-0.39, 0.29) is 0 Å². The van der Waals surface area contributed by atoms with Crippen molar-refractivity contribution in [3.05, 3.63) is 0 Å². The van der Waals surface area contributed by atoms with Crippen LogP contribution in [0.1, 0.15) is 32.1 Å². The van der Waals surface area contributed by atoms with Gasteiger partial charge in [0, 0.05) is 38.8 Å². The minimum atomic E-state index is 0.327. The molecule has 0 aromatic heterocycles. The van der Waals surface area contributed by atoms with Crippen LogP contribution in [0.5, 0.6) is 0 Å². The molecule has 0 radical (unpaired) electrons. The minimum Gasteiger partial charge on any atom is -0.385 e. The van der Waals surface area contributed by atoms with Gasteiger partial charge in [-0.3, -0.25) is 4.79 Å². The summed E-state index contributed by atoms with van der Waals surface area (Å²) in [5.41, 5.74) is 0. The molecule has 4 nitrogen and oxygen atoms in total. The van der Waals surface area contributed by atoms with Crippen LogP contribution in [-0.2, 0) is 9.53 Å². The third-order valence-electron chi connectivity index (χ3n) is 3.68. The molecule has 2 rings (SSSR count). The fourth-order valence-corrected chi connectivity index (χ4v) is 2.89. The van der Waals surface area contributed by atoms with Crippen LogP contribution >= 0.6 is 0 Å². The second kappa shape index (κ2) is 5.64. The molecule has 2 aliphatic rings. The third kappa shape index (κ3) is 2.55. The quantitative estimate of drug-likeness (QED) is 0.720. The van der Waals surface area contributed by atoms with E-state index in [9.17, 15) is 4.79 Å². The Morgan fingerprint density at radius 3 is 3.00 bits per heavy atom. The molecular formula is C12H22N2O2. The molecule has 1 amide bonds. The summed E-state index contributed by atoms with van der Waals surface area (Å²) in [6.07, 6.45) is 4.97. The summed E-state index contributed by atoms with van der Waals surface area (Å²) in [5.74, 6) is 0.327. The normalized spacial score (nSPS) is 29.2. The maximum Gasteiger partial charge on any atom is 0.223 e. The number of amides is 1. The zero-order valence-electron chi connectivity index (χ0n) is 10.1. The number of methoxy groups -OCH3 is 1. The van der Waals surface area contributed by atoms with E-state index in [1.807, 2.05) is 0 Å². The first-order valence-corrected chi connectivity index (χ1v) is 6.33. The van der Waals surface area contributed by atoms with Gasteiger partial charge in [0.15, 0.2) is 0 Å². The maximum atomic E-state index is 12.1. The van der Waals surface area contributed by atoms with Crippen LogP contribution in [0.15, 0.2) is 0 Å². The summed E-state index contributed by atoms with van der Waals surface area (Å²) in [5, 5.41) is 3.41. The van der Waals surface area contributed by atoms with Gasteiger partial charge in [-0.2, -0.15) is 0 Å². The maximum absolute atomic E-state index is 12.1. The monoisotopic (exact) mass is 226 g/mol. The smallest absolute Gasteiger partial charge is 0.223 e. The molecule has 2 fully saturated rings. The van der Waals surface area contributed by atoms with Crippen LogP contribution in [0.3, 0.4) is 0 Å². The van der Waals surface area contributed by atoms with Crippen molar-refractivity contribution in [2.24, 2.45) is 0 Å². The number of rotatable bonds is 4. The predicted octanol–water partition coefficient (Wildman–Crippen LogP) is 0.766. The van der Waals surface area contributed by atoms with Crippen LogP contribution < -0.4 is 5.32 Å². The van der Waals surface area contributed by atoms with Crippen LogP contribution in [0, 0.1) is 0 Å². The Morgan fingerprint density at radius 1 is 1.38 bits per heavy atom. The molecule has 0 aromatic rings. The second-order valence-corrected chi connectivity index (χ2v) is 4.78. The molecule has 4 heteroatoms. The molecule has 2 saturated heterocycles. The molecule has 0 aliphatic carbocycles. The van der Waals surface area contributed by atoms with Gasteiger partial charge >= 0.3 is 0 Å². The van der Waals surface area contributed by atoms with E-state index in [2.05, 4.69) is 10.2 Å². The molecule has 1 N–H and O–H groups in total. The zero-order chi connectivity index (χ0) is 11.4. The van der Waals surface area contributed by atoms with Crippen molar-refractivity contribution in [3.63, 3.8) is 0 Å². The number of fused-ring (bicyclic) bond motifs is 2. The van der Waals surface area contributed by atoms with Crippen molar-refractivity contribution in [1.82, 2.24) is 10.2 Å². The highest BCUT2D eigenvalue weighted by molar-refractivity contribution is 5.77. The van der Waals surface area contributed by atoms with Gasteiger partial charge in [-0.25, -0.2) is 0 Å². The van der Waals surface area contributed by atoms with Gasteiger partial charge in [0.2, 0.25) is 5.91 Å². The van der Waals surface area contributed by atoms with Crippen molar-refractivity contribution in [1.29, 1.82) is 0 Å². The highest BCUT2D eigenvalue weighted by atomic mass is 16.5. The average Bonchev–Trinajstić information content (AvgIpc) is 2.52. The number of nitrogens with one attached hydrogen (secondary N) is 1. The number of carbonyl (C=O) groups is 1. The van der Waals surface area contributed by atoms with Gasteiger partial charge in [-0.1, -0.05) is 0 Å². The summed E-state index contributed by atoms with van der Waals surface area (Å²) >= 11 is 0. The Balaban J connectivity index is 1.89. The molecule has 0 spiro atoms. The number of hydrogen-bond acceptors (Lipinski definition) is 3. The first-order chi connectivity index (χ1) is 7.83. The third-order valence-corrected chi connectivity index (χ3v) is 3.68. The van der Waals surface area contributed by atoms with Crippen molar-refractivity contribution in [3.8, 4) is 0 Å². The van der Waals surface area contributed by atoms with Crippen LogP contribution in [0.2, 0.25) is 0 Å². The lowest BCUT2D eigenvalue weighted by molar-refractivity contribution is -0.134. The van der Waals surface area contributed by atoms with Gasteiger partial charge < -0.3 is 15.0 Å². The number of hydrogen-bond donors (Lipinski definition) is 1. The van der Waals surface area contributed by atoms with E-state index >= 15 is 0 Å². The molecule has 2 heterocycles. The summed E-state index contributed by atoms with van der Waals surface area (Å²) in [4.78, 5) is 14.3. The summed E-state index contributed by atoms with van der Waals surface area (Å²) < 4.78 is 4.99. The fraction of sp³-hybridized carbons (Fsp3) is 0.917. The van der Waals surface area contributed by atoms with Crippen molar-refractivity contribution in [2.45, 2.75) is 44.2 Å². The summed E-state index contributed by atoms with van der Waals surface area (Å²) in [7, 11) is 1.68. The molecule has 16 heavy (non-hydrogen) atoms. The van der Waals surface area contributed by atoms with Gasteiger partial charge in [-0.05, 0) is 32.2 Å². The first kappa shape index (κ1) is 11.9. The highest BCUT2D eigenvalue weighted by Crippen LogP contribution is 2.28. The second-order valence-electron chi connectivity index (χ2n) is 4.78. The van der Waals surface area contributed by atoms with E-state index in [1.165, 1.54) is 12.8 Å². The lowest BCUT2D eigenvalue weighted by Crippen LogP contribution is -2.42. The van der Waals surface area contributed by atoms with Crippen molar-refractivity contribution >= 4 is 5.91 Å². The lowest BCUT2D eigenvalue weighted by atomic mass is 10.1. The average molecular weight is 226 g/mol. The Morgan fingerprint density at radius 2 is 2.19 bits per heavy atom. The van der Waals surface area contributed by atoms with Crippen LogP contribution in [0.25, 0.3) is 0 Å². The Hall–Kier alpha value is -0.610. The Bertz CT molecular complexity index is 231. The van der Waals surface area contributed by atoms with Gasteiger partial charge in [0.25, 0.3) is 0 Å². The molecule has 0 aromatic carbocycles. The largest absolute Gasteiger partial charge is 0.385 e. The van der Waals surface area contributed by atoms with Crippen molar-refractivity contribution in [2.75, 3.05) is 26.8 Å². The molecule has 2 bridgehead atoms.